The quantitative estimate of drug-likeness (QED) is 0.244. The zero-order valence-electron chi connectivity index (χ0n) is 18.2. The Morgan fingerprint density at radius 2 is 1.79 bits per heavy atom. The van der Waals surface area contributed by atoms with E-state index in [-0.39, 0.29) is 50.0 Å². The van der Waals surface area contributed by atoms with Crippen LogP contribution in [0, 0.1) is 0 Å². The summed E-state index contributed by atoms with van der Waals surface area (Å²) in [5, 5.41) is 12.9. The first-order valence-corrected chi connectivity index (χ1v) is 12.9. The second-order valence-electron chi connectivity index (χ2n) is 7.78. The van der Waals surface area contributed by atoms with E-state index in [1.807, 2.05) is 30.3 Å². The molecule has 0 unspecified atom stereocenters. The highest BCUT2D eigenvalue weighted by atomic mass is 32.2. The molecule has 11 heteroatoms. The van der Waals surface area contributed by atoms with Crippen LogP contribution in [-0.4, -0.2) is 56.6 Å². The summed E-state index contributed by atoms with van der Waals surface area (Å²) in [6.45, 7) is 0.659. The maximum Gasteiger partial charge on any atom is 0.265 e. The number of fused-ring (bicyclic) bond motifs is 1. The van der Waals surface area contributed by atoms with Gasteiger partial charge < -0.3 is 14.8 Å². The highest BCUT2D eigenvalue weighted by molar-refractivity contribution is 7.93. The Hall–Kier alpha value is -2.99. The van der Waals surface area contributed by atoms with Crippen molar-refractivity contribution in [3.63, 3.8) is 0 Å². The van der Waals surface area contributed by atoms with Crippen molar-refractivity contribution >= 4 is 43.1 Å². The number of hydrogen-bond acceptors (Lipinski definition) is 8. The summed E-state index contributed by atoms with van der Waals surface area (Å²) in [5.74, 6) is -0.733. The van der Waals surface area contributed by atoms with Gasteiger partial charge in [-0.25, -0.2) is 13.9 Å². The zero-order chi connectivity index (χ0) is 24.2. The van der Waals surface area contributed by atoms with E-state index in [0.29, 0.717) is 10.6 Å². The van der Waals surface area contributed by atoms with Gasteiger partial charge in [-0.05, 0) is 54.6 Å². The van der Waals surface area contributed by atoms with Crippen LogP contribution in [0.25, 0.3) is 10.1 Å². The minimum atomic E-state index is -4.09. The first-order chi connectivity index (χ1) is 16.4. The minimum Gasteiger partial charge on any atom is -0.492 e. The van der Waals surface area contributed by atoms with E-state index >= 15 is 0 Å². The van der Waals surface area contributed by atoms with E-state index in [9.17, 15) is 18.0 Å². The summed E-state index contributed by atoms with van der Waals surface area (Å²) in [4.78, 5) is 25.2. The van der Waals surface area contributed by atoms with Gasteiger partial charge >= 0.3 is 0 Å². The highest BCUT2D eigenvalue weighted by Gasteiger charge is 2.52. The summed E-state index contributed by atoms with van der Waals surface area (Å²) in [6.07, 6.45) is -0.112. The summed E-state index contributed by atoms with van der Waals surface area (Å²) in [5.41, 5.74) is 1.49. The van der Waals surface area contributed by atoms with E-state index in [0.717, 1.165) is 10.1 Å². The molecule has 9 nitrogen and oxygen atoms in total. The lowest BCUT2D eigenvalue weighted by molar-refractivity contribution is -0.134. The highest BCUT2D eigenvalue weighted by Crippen LogP contribution is 2.35. The number of hydroxylamine groups is 1. The molecule has 2 heterocycles. The number of sulfone groups is 1. The standard InChI is InChI=1S/C23H24N2O7S2/c26-21(20-15-16-3-1-2-4-19(16)33-20)24-11-14-32-17-5-7-18(8-6-17)34(29,30)23(22(27)25-28)9-12-31-13-10-23/h1-8,15,28H,9-14H2,(H,24,26)(H,25,27). The van der Waals surface area contributed by atoms with Gasteiger partial charge in [0, 0.05) is 17.9 Å². The second kappa shape index (κ2) is 10.1. The number of nitrogens with one attached hydrogen (secondary N) is 2. The molecule has 2 aromatic carbocycles. The Morgan fingerprint density at radius 1 is 1.09 bits per heavy atom. The monoisotopic (exact) mass is 504 g/mol. The van der Waals surface area contributed by atoms with Crippen LogP contribution in [0.2, 0.25) is 0 Å². The minimum absolute atomic E-state index is 0.0524. The zero-order valence-corrected chi connectivity index (χ0v) is 19.8. The van der Waals surface area contributed by atoms with Gasteiger partial charge in [0.2, 0.25) is 0 Å². The van der Waals surface area contributed by atoms with Gasteiger partial charge in [-0.15, -0.1) is 11.3 Å². The van der Waals surface area contributed by atoms with Gasteiger partial charge in [-0.1, -0.05) is 18.2 Å². The SMILES string of the molecule is O=C(NCCOc1ccc(S(=O)(=O)C2(C(=O)NO)CCOCC2)cc1)c1cc2ccccc2s1. The number of carbonyl (C=O) groups is 2. The van der Waals surface area contributed by atoms with Crippen LogP contribution in [0.5, 0.6) is 5.75 Å². The number of ether oxygens (including phenoxy) is 2. The topological polar surface area (TPSA) is 131 Å². The summed E-state index contributed by atoms with van der Waals surface area (Å²) < 4.78 is 36.6. The Labute approximate surface area is 200 Å². The van der Waals surface area contributed by atoms with Gasteiger partial charge in [-0.2, -0.15) is 0 Å². The molecule has 1 aromatic heterocycles. The fourth-order valence-corrected chi connectivity index (χ4v) is 6.79. The Kier molecular flexibility index (Phi) is 7.17. The third-order valence-corrected chi connectivity index (χ3v) is 9.40. The second-order valence-corrected chi connectivity index (χ2v) is 11.1. The largest absolute Gasteiger partial charge is 0.492 e. The van der Waals surface area contributed by atoms with E-state index < -0.39 is 20.5 Å². The van der Waals surface area contributed by atoms with Crippen LogP contribution in [0.1, 0.15) is 22.5 Å². The molecule has 34 heavy (non-hydrogen) atoms. The van der Waals surface area contributed by atoms with Crippen molar-refractivity contribution in [2.24, 2.45) is 0 Å². The average Bonchev–Trinajstić information content (AvgIpc) is 3.31. The Morgan fingerprint density at radius 3 is 2.47 bits per heavy atom. The molecule has 3 aromatic rings. The molecular weight excluding hydrogens is 480 g/mol. The molecule has 1 aliphatic heterocycles. The third-order valence-electron chi connectivity index (χ3n) is 5.77. The number of benzene rings is 2. The lowest BCUT2D eigenvalue weighted by Crippen LogP contribution is -2.54. The first-order valence-electron chi connectivity index (χ1n) is 10.6. The average molecular weight is 505 g/mol. The maximum absolute atomic E-state index is 13.2. The maximum atomic E-state index is 13.2. The number of carbonyl (C=O) groups excluding carboxylic acids is 2. The van der Waals surface area contributed by atoms with Crippen LogP contribution in [0.3, 0.4) is 0 Å². The Balaban J connectivity index is 1.35. The molecule has 2 amide bonds. The molecule has 0 radical (unpaired) electrons. The predicted octanol–water partition coefficient (Wildman–Crippen LogP) is 2.54. The van der Waals surface area contributed by atoms with E-state index in [1.54, 1.807) is 0 Å². The first kappa shape index (κ1) is 24.1. The van der Waals surface area contributed by atoms with Crippen LogP contribution < -0.4 is 15.5 Å². The normalized spacial score (nSPS) is 15.6. The van der Waals surface area contributed by atoms with Crippen molar-refractivity contribution in [2.75, 3.05) is 26.4 Å². The molecule has 1 saturated heterocycles. The van der Waals surface area contributed by atoms with Gasteiger partial charge in [0.15, 0.2) is 14.6 Å². The molecule has 3 N–H and O–H groups in total. The van der Waals surface area contributed by atoms with E-state index in [1.165, 1.54) is 41.1 Å². The molecule has 180 valence electrons. The lowest BCUT2D eigenvalue weighted by atomic mass is 9.98. The number of thiophene rings is 1. The summed E-state index contributed by atoms with van der Waals surface area (Å²) >= 11 is 1.42. The van der Waals surface area contributed by atoms with Crippen LogP contribution in [0.15, 0.2) is 59.5 Å². The molecular formula is C23H24N2O7S2. The molecule has 0 atom stereocenters. The van der Waals surface area contributed by atoms with Gasteiger partial charge in [0.25, 0.3) is 11.8 Å². The number of rotatable bonds is 8. The molecule has 1 fully saturated rings. The molecule has 4 rings (SSSR count). The van der Waals surface area contributed by atoms with Gasteiger partial charge in [-0.3, -0.25) is 14.8 Å². The van der Waals surface area contributed by atoms with E-state index in [4.69, 9.17) is 14.7 Å². The Bertz CT molecular complexity index is 1250. The molecule has 0 spiro atoms. The number of hydrogen-bond donors (Lipinski definition) is 3. The van der Waals surface area contributed by atoms with Crippen LogP contribution >= 0.6 is 11.3 Å². The van der Waals surface area contributed by atoms with Crippen LogP contribution in [0.4, 0.5) is 0 Å². The van der Waals surface area contributed by atoms with Crippen molar-refractivity contribution in [2.45, 2.75) is 22.5 Å². The van der Waals surface area contributed by atoms with Crippen molar-refractivity contribution in [1.82, 2.24) is 10.8 Å². The van der Waals surface area contributed by atoms with Gasteiger partial charge in [0.05, 0.1) is 16.3 Å². The predicted molar refractivity (Wildman–Crippen MR) is 126 cm³/mol. The summed E-state index contributed by atoms with van der Waals surface area (Å²) in [7, 11) is -4.09. The van der Waals surface area contributed by atoms with Crippen molar-refractivity contribution in [3.8, 4) is 5.75 Å². The molecule has 0 saturated carbocycles. The molecule has 1 aliphatic rings. The third kappa shape index (κ3) is 4.64. The fourth-order valence-electron chi connectivity index (χ4n) is 3.88. The van der Waals surface area contributed by atoms with Crippen molar-refractivity contribution < 1.29 is 32.7 Å². The van der Waals surface area contributed by atoms with Crippen molar-refractivity contribution in [3.05, 3.63) is 59.5 Å². The van der Waals surface area contributed by atoms with Gasteiger partial charge in [0.1, 0.15) is 12.4 Å². The number of amides is 2. The van der Waals surface area contributed by atoms with Crippen molar-refractivity contribution in [1.29, 1.82) is 0 Å². The fraction of sp³-hybridized carbons (Fsp3) is 0.304. The lowest BCUT2D eigenvalue weighted by Gasteiger charge is -2.34. The van der Waals surface area contributed by atoms with Crippen LogP contribution in [-0.2, 0) is 19.4 Å². The molecule has 0 bridgehead atoms. The molecule has 0 aliphatic carbocycles. The smallest absolute Gasteiger partial charge is 0.265 e. The summed E-state index contributed by atoms with van der Waals surface area (Å²) in [6, 6.07) is 15.3. The van der Waals surface area contributed by atoms with E-state index in [2.05, 4.69) is 5.32 Å².